The minimum Gasteiger partial charge on any atom is -0.490 e. The largest absolute Gasteiger partial charge is 0.490 e. The van der Waals surface area contributed by atoms with Gasteiger partial charge in [-0.05, 0) is 36.8 Å². The molecule has 0 spiro atoms. The molecule has 1 N–H and O–H groups in total. The Morgan fingerprint density at radius 1 is 1.05 bits per heavy atom. The molecular weight excluding hydrogens is 276 g/mol. The molecule has 0 aromatic heterocycles. The van der Waals surface area contributed by atoms with E-state index in [1.807, 2.05) is 42.5 Å². The van der Waals surface area contributed by atoms with Gasteiger partial charge >= 0.3 is 0 Å². The van der Waals surface area contributed by atoms with Crippen molar-refractivity contribution in [1.82, 2.24) is 0 Å². The Morgan fingerprint density at radius 3 is 2.50 bits per heavy atom. The van der Waals surface area contributed by atoms with Crippen molar-refractivity contribution in [3.05, 3.63) is 53.6 Å². The standard InChI is InChI=1S/C18H18N2O2/c1-13(15-5-3-14(12-19)4-6-15)20-16-7-8-17-18(11-16)22-10-2-9-21-17/h3-8,11,13,20H,2,9-10H2,1H3. The normalized spacial score (nSPS) is 14.5. The first-order valence-electron chi connectivity index (χ1n) is 7.42. The smallest absolute Gasteiger partial charge is 0.163 e. The fraction of sp³-hybridized carbons (Fsp3) is 0.278. The van der Waals surface area contributed by atoms with Crippen molar-refractivity contribution >= 4 is 5.69 Å². The van der Waals surface area contributed by atoms with Gasteiger partial charge in [-0.25, -0.2) is 0 Å². The van der Waals surface area contributed by atoms with Gasteiger partial charge in [0.25, 0.3) is 0 Å². The zero-order valence-corrected chi connectivity index (χ0v) is 12.5. The number of nitrogens with one attached hydrogen (secondary N) is 1. The van der Waals surface area contributed by atoms with Gasteiger partial charge in [0.2, 0.25) is 0 Å². The second-order valence-electron chi connectivity index (χ2n) is 5.31. The van der Waals surface area contributed by atoms with Gasteiger partial charge in [-0.2, -0.15) is 5.26 Å². The van der Waals surface area contributed by atoms with Crippen LogP contribution in [0.5, 0.6) is 11.5 Å². The summed E-state index contributed by atoms with van der Waals surface area (Å²) in [5.41, 5.74) is 2.79. The van der Waals surface area contributed by atoms with Crippen LogP contribution in [0.15, 0.2) is 42.5 Å². The second-order valence-corrected chi connectivity index (χ2v) is 5.31. The van der Waals surface area contributed by atoms with E-state index in [0.717, 1.165) is 29.2 Å². The summed E-state index contributed by atoms with van der Waals surface area (Å²) in [6.45, 7) is 3.47. The lowest BCUT2D eigenvalue weighted by Crippen LogP contribution is -2.06. The minimum atomic E-state index is 0.137. The number of anilines is 1. The summed E-state index contributed by atoms with van der Waals surface area (Å²) in [5, 5.41) is 12.3. The van der Waals surface area contributed by atoms with Crippen LogP contribution in [0.3, 0.4) is 0 Å². The molecule has 3 rings (SSSR count). The lowest BCUT2D eigenvalue weighted by Gasteiger charge is -2.17. The van der Waals surface area contributed by atoms with E-state index >= 15 is 0 Å². The van der Waals surface area contributed by atoms with Crippen molar-refractivity contribution in [1.29, 1.82) is 5.26 Å². The summed E-state index contributed by atoms with van der Waals surface area (Å²) in [6, 6.07) is 15.8. The highest BCUT2D eigenvalue weighted by molar-refractivity contribution is 5.56. The van der Waals surface area contributed by atoms with Gasteiger partial charge in [0.05, 0.1) is 24.8 Å². The fourth-order valence-electron chi connectivity index (χ4n) is 2.43. The van der Waals surface area contributed by atoms with Gasteiger partial charge in [0, 0.05) is 24.2 Å². The van der Waals surface area contributed by atoms with E-state index in [1.54, 1.807) is 0 Å². The molecule has 4 heteroatoms. The van der Waals surface area contributed by atoms with Crippen molar-refractivity contribution in [3.8, 4) is 17.6 Å². The van der Waals surface area contributed by atoms with Gasteiger partial charge in [0.1, 0.15) is 0 Å². The predicted molar refractivity (Wildman–Crippen MR) is 85.2 cm³/mol. The van der Waals surface area contributed by atoms with Crippen molar-refractivity contribution in [2.24, 2.45) is 0 Å². The van der Waals surface area contributed by atoms with Crippen LogP contribution in [0.4, 0.5) is 5.69 Å². The zero-order chi connectivity index (χ0) is 15.4. The third kappa shape index (κ3) is 3.15. The molecule has 22 heavy (non-hydrogen) atoms. The summed E-state index contributed by atoms with van der Waals surface area (Å²) in [4.78, 5) is 0. The molecule has 1 atom stereocenters. The van der Waals surface area contributed by atoms with E-state index in [2.05, 4.69) is 18.3 Å². The number of rotatable bonds is 3. The summed E-state index contributed by atoms with van der Waals surface area (Å²) < 4.78 is 11.3. The van der Waals surface area contributed by atoms with Crippen LogP contribution in [0, 0.1) is 11.3 Å². The average Bonchev–Trinajstić information content (AvgIpc) is 2.79. The van der Waals surface area contributed by atoms with Crippen molar-refractivity contribution in [2.75, 3.05) is 18.5 Å². The average molecular weight is 294 g/mol. The number of hydrogen-bond donors (Lipinski definition) is 1. The number of ether oxygens (including phenoxy) is 2. The Balaban J connectivity index is 1.74. The van der Waals surface area contributed by atoms with Gasteiger partial charge in [0.15, 0.2) is 11.5 Å². The van der Waals surface area contributed by atoms with E-state index < -0.39 is 0 Å². The summed E-state index contributed by atoms with van der Waals surface area (Å²) >= 11 is 0. The van der Waals surface area contributed by atoms with Crippen LogP contribution in [0.25, 0.3) is 0 Å². The molecule has 4 nitrogen and oxygen atoms in total. The molecule has 1 unspecified atom stereocenters. The predicted octanol–water partition coefficient (Wildman–Crippen LogP) is 3.89. The Kier molecular flexibility index (Phi) is 4.15. The first-order chi connectivity index (χ1) is 10.8. The maximum Gasteiger partial charge on any atom is 0.163 e. The Hall–Kier alpha value is -2.67. The van der Waals surface area contributed by atoms with Crippen LogP contribution >= 0.6 is 0 Å². The molecule has 0 saturated carbocycles. The van der Waals surface area contributed by atoms with Gasteiger partial charge in [-0.3, -0.25) is 0 Å². The minimum absolute atomic E-state index is 0.137. The molecule has 0 fully saturated rings. The monoisotopic (exact) mass is 294 g/mol. The molecule has 2 aromatic carbocycles. The quantitative estimate of drug-likeness (QED) is 0.933. The molecule has 0 radical (unpaired) electrons. The molecule has 1 heterocycles. The fourth-order valence-corrected chi connectivity index (χ4v) is 2.43. The van der Waals surface area contributed by atoms with Gasteiger partial charge < -0.3 is 14.8 Å². The SMILES string of the molecule is CC(Nc1ccc2c(c1)OCCCO2)c1ccc(C#N)cc1. The third-order valence-electron chi connectivity index (χ3n) is 3.67. The molecule has 1 aliphatic rings. The summed E-state index contributed by atoms with van der Waals surface area (Å²) in [5.74, 6) is 1.59. The molecule has 1 aliphatic heterocycles. The van der Waals surface area contributed by atoms with Crippen molar-refractivity contribution in [2.45, 2.75) is 19.4 Å². The molecule has 112 valence electrons. The van der Waals surface area contributed by atoms with E-state index in [4.69, 9.17) is 14.7 Å². The molecule has 0 aliphatic carbocycles. The zero-order valence-electron chi connectivity index (χ0n) is 12.5. The van der Waals surface area contributed by atoms with Crippen LogP contribution in [0.2, 0.25) is 0 Å². The van der Waals surface area contributed by atoms with Crippen LogP contribution in [0.1, 0.15) is 30.5 Å². The maximum atomic E-state index is 8.85. The highest BCUT2D eigenvalue weighted by Crippen LogP contribution is 2.33. The topological polar surface area (TPSA) is 54.3 Å². The lowest BCUT2D eigenvalue weighted by atomic mass is 10.1. The lowest BCUT2D eigenvalue weighted by molar-refractivity contribution is 0.297. The second kappa shape index (κ2) is 6.40. The van der Waals surface area contributed by atoms with Gasteiger partial charge in [-0.1, -0.05) is 12.1 Å². The Bertz CT molecular complexity index is 689. The van der Waals surface area contributed by atoms with Crippen molar-refractivity contribution < 1.29 is 9.47 Å². The van der Waals surface area contributed by atoms with Gasteiger partial charge in [-0.15, -0.1) is 0 Å². The van der Waals surface area contributed by atoms with E-state index in [-0.39, 0.29) is 6.04 Å². The molecule has 0 saturated heterocycles. The number of hydrogen-bond acceptors (Lipinski definition) is 4. The Morgan fingerprint density at radius 2 is 1.77 bits per heavy atom. The molecular formula is C18H18N2O2. The highest BCUT2D eigenvalue weighted by atomic mass is 16.5. The number of benzene rings is 2. The molecule has 0 amide bonds. The van der Waals surface area contributed by atoms with Crippen molar-refractivity contribution in [3.63, 3.8) is 0 Å². The first-order valence-corrected chi connectivity index (χ1v) is 7.42. The molecule has 0 bridgehead atoms. The van der Waals surface area contributed by atoms with E-state index in [1.165, 1.54) is 0 Å². The summed E-state index contributed by atoms with van der Waals surface area (Å²) in [6.07, 6.45) is 0.902. The van der Waals surface area contributed by atoms with E-state index in [9.17, 15) is 0 Å². The van der Waals surface area contributed by atoms with Crippen LogP contribution in [-0.4, -0.2) is 13.2 Å². The highest BCUT2D eigenvalue weighted by Gasteiger charge is 2.12. The third-order valence-corrected chi connectivity index (χ3v) is 3.67. The van der Waals surface area contributed by atoms with E-state index in [0.29, 0.717) is 18.8 Å². The number of nitrogens with zero attached hydrogens (tertiary/aromatic N) is 1. The first kappa shape index (κ1) is 14.3. The van der Waals surface area contributed by atoms with Crippen LogP contribution < -0.4 is 14.8 Å². The maximum absolute atomic E-state index is 8.85. The summed E-state index contributed by atoms with van der Waals surface area (Å²) in [7, 11) is 0. The number of nitriles is 1. The number of fused-ring (bicyclic) bond motifs is 1. The molecule has 2 aromatic rings. The Labute approximate surface area is 130 Å². The van der Waals surface area contributed by atoms with Crippen LogP contribution in [-0.2, 0) is 0 Å².